The van der Waals surface area contributed by atoms with Gasteiger partial charge in [-0.05, 0) is 41.9 Å². The van der Waals surface area contributed by atoms with E-state index in [1.165, 1.54) is 0 Å². The third-order valence-electron chi connectivity index (χ3n) is 2.39. The van der Waals surface area contributed by atoms with Gasteiger partial charge in [0.15, 0.2) is 5.69 Å². The summed E-state index contributed by atoms with van der Waals surface area (Å²) in [6, 6.07) is 4.00. The lowest BCUT2D eigenvalue weighted by molar-refractivity contribution is 0.0518. The van der Waals surface area contributed by atoms with Gasteiger partial charge in [-0.2, -0.15) is 0 Å². The van der Waals surface area contributed by atoms with E-state index < -0.39 is 5.97 Å². The number of rotatable bonds is 4. The van der Waals surface area contributed by atoms with E-state index in [1.54, 1.807) is 22.9 Å². The number of nitrogens with zero attached hydrogens (tertiary/aromatic N) is 3. The van der Waals surface area contributed by atoms with Gasteiger partial charge in [-0.1, -0.05) is 5.21 Å². The molecule has 2 heterocycles. The van der Waals surface area contributed by atoms with E-state index in [1.807, 2.05) is 19.1 Å². The molecule has 5 nitrogen and oxygen atoms in total. The first-order valence-corrected chi connectivity index (χ1v) is 7.04. The molecule has 2 rings (SSSR count). The number of hydrogen-bond acceptors (Lipinski definition) is 5. The molecule has 0 bridgehead atoms. The van der Waals surface area contributed by atoms with Crippen molar-refractivity contribution in [3.8, 4) is 0 Å². The van der Waals surface area contributed by atoms with Gasteiger partial charge in [-0.3, -0.25) is 0 Å². The Morgan fingerprint density at radius 3 is 2.94 bits per heavy atom. The van der Waals surface area contributed by atoms with Gasteiger partial charge in [0, 0.05) is 4.88 Å². The minimum Gasteiger partial charge on any atom is -0.461 e. The average Bonchev–Trinajstić information content (AvgIpc) is 2.88. The Morgan fingerprint density at radius 2 is 2.33 bits per heavy atom. The van der Waals surface area contributed by atoms with Gasteiger partial charge in [0.2, 0.25) is 0 Å². The molecule has 2 aromatic heterocycles. The van der Waals surface area contributed by atoms with Crippen molar-refractivity contribution in [2.45, 2.75) is 20.4 Å². The van der Waals surface area contributed by atoms with Crippen LogP contribution in [0.25, 0.3) is 0 Å². The van der Waals surface area contributed by atoms with Crippen LogP contribution in [0.4, 0.5) is 0 Å². The number of hydrogen-bond donors (Lipinski definition) is 0. The maximum absolute atomic E-state index is 11.6. The zero-order valence-electron chi connectivity index (χ0n) is 10.0. The molecule has 0 aliphatic rings. The topological polar surface area (TPSA) is 57.0 Å². The first-order valence-electron chi connectivity index (χ1n) is 5.43. The van der Waals surface area contributed by atoms with Crippen LogP contribution in [0.5, 0.6) is 0 Å². The Balaban J connectivity index is 2.18. The molecule has 0 aliphatic carbocycles. The molecule has 0 saturated carbocycles. The Morgan fingerprint density at radius 1 is 1.56 bits per heavy atom. The van der Waals surface area contributed by atoms with Gasteiger partial charge in [0.1, 0.15) is 0 Å². The third-order valence-corrected chi connectivity index (χ3v) is 3.99. The highest BCUT2D eigenvalue weighted by Gasteiger charge is 2.17. The minimum absolute atomic E-state index is 0.285. The first kappa shape index (κ1) is 13.2. The molecular formula is C11H12BrN3O2S. The van der Waals surface area contributed by atoms with Crippen LogP contribution in [0, 0.1) is 6.92 Å². The van der Waals surface area contributed by atoms with Gasteiger partial charge in [-0.15, -0.1) is 16.4 Å². The van der Waals surface area contributed by atoms with Crippen molar-refractivity contribution in [1.82, 2.24) is 15.0 Å². The predicted octanol–water partition coefficient (Wildman–Crippen LogP) is 2.64. The molecule has 18 heavy (non-hydrogen) atoms. The van der Waals surface area contributed by atoms with E-state index in [2.05, 4.69) is 26.2 Å². The molecule has 0 unspecified atom stereocenters. The van der Waals surface area contributed by atoms with Crippen molar-refractivity contribution in [1.29, 1.82) is 0 Å². The van der Waals surface area contributed by atoms with Gasteiger partial charge in [0.25, 0.3) is 0 Å². The third kappa shape index (κ3) is 2.78. The number of halogens is 1. The Labute approximate surface area is 117 Å². The number of thiophene rings is 1. The Bertz CT molecular complexity index is 564. The van der Waals surface area contributed by atoms with Crippen LogP contribution >= 0.6 is 27.3 Å². The van der Waals surface area contributed by atoms with E-state index in [4.69, 9.17) is 4.74 Å². The maximum Gasteiger partial charge on any atom is 0.360 e. The van der Waals surface area contributed by atoms with Gasteiger partial charge >= 0.3 is 5.97 Å². The zero-order valence-corrected chi connectivity index (χ0v) is 12.4. The molecule has 0 atom stereocenters. The lowest BCUT2D eigenvalue weighted by atomic mass is 10.3. The normalized spacial score (nSPS) is 10.6. The largest absolute Gasteiger partial charge is 0.461 e. The lowest BCUT2D eigenvalue weighted by Gasteiger charge is -2.01. The fourth-order valence-electron chi connectivity index (χ4n) is 1.48. The highest BCUT2D eigenvalue weighted by atomic mass is 79.9. The minimum atomic E-state index is -0.423. The quantitative estimate of drug-likeness (QED) is 0.809. The van der Waals surface area contributed by atoms with Crippen molar-refractivity contribution in [2.24, 2.45) is 0 Å². The van der Waals surface area contributed by atoms with Crippen LogP contribution < -0.4 is 0 Å². The predicted molar refractivity (Wildman–Crippen MR) is 71.8 cm³/mol. The molecule has 0 radical (unpaired) electrons. The summed E-state index contributed by atoms with van der Waals surface area (Å²) >= 11 is 5.04. The fraction of sp³-hybridized carbons (Fsp3) is 0.364. The number of ether oxygens (including phenoxy) is 1. The highest BCUT2D eigenvalue weighted by Crippen LogP contribution is 2.23. The average molecular weight is 330 g/mol. The van der Waals surface area contributed by atoms with Gasteiger partial charge in [-0.25, -0.2) is 9.48 Å². The van der Waals surface area contributed by atoms with Crippen LogP contribution in [-0.2, 0) is 11.3 Å². The number of carbonyl (C=O) groups is 1. The summed E-state index contributed by atoms with van der Waals surface area (Å²) in [6.45, 7) is 4.52. The second-order valence-corrected chi connectivity index (χ2v) is 6.15. The van der Waals surface area contributed by atoms with Gasteiger partial charge < -0.3 is 4.74 Å². The molecule has 0 spiro atoms. The van der Waals surface area contributed by atoms with Crippen LogP contribution in [0.2, 0.25) is 0 Å². The summed E-state index contributed by atoms with van der Waals surface area (Å²) < 4.78 is 7.69. The van der Waals surface area contributed by atoms with E-state index in [-0.39, 0.29) is 5.69 Å². The van der Waals surface area contributed by atoms with E-state index >= 15 is 0 Å². The summed E-state index contributed by atoms with van der Waals surface area (Å²) in [4.78, 5) is 12.7. The van der Waals surface area contributed by atoms with Crippen molar-refractivity contribution in [2.75, 3.05) is 6.61 Å². The molecule has 96 valence electrons. The smallest absolute Gasteiger partial charge is 0.360 e. The molecule has 0 N–H and O–H groups in total. The van der Waals surface area contributed by atoms with E-state index in [0.29, 0.717) is 13.2 Å². The van der Waals surface area contributed by atoms with Crippen molar-refractivity contribution >= 4 is 33.2 Å². The van der Waals surface area contributed by atoms with Gasteiger partial charge in [0.05, 0.1) is 22.6 Å². The van der Waals surface area contributed by atoms with Crippen LogP contribution in [0.3, 0.4) is 0 Å². The second-order valence-electron chi connectivity index (χ2n) is 3.61. The number of esters is 1. The lowest BCUT2D eigenvalue weighted by Crippen LogP contribution is -2.08. The summed E-state index contributed by atoms with van der Waals surface area (Å²) in [5.41, 5.74) is 1.01. The van der Waals surface area contributed by atoms with E-state index in [9.17, 15) is 4.79 Å². The summed E-state index contributed by atoms with van der Waals surface area (Å²) in [5.74, 6) is -0.423. The van der Waals surface area contributed by atoms with Crippen molar-refractivity contribution in [3.05, 3.63) is 32.2 Å². The standard InChI is InChI=1S/C11H12BrN3O2S/c1-3-17-11(16)10-7(2)15(14-13-10)6-8-4-5-9(12)18-8/h4-5H,3,6H2,1-2H3. The number of aromatic nitrogens is 3. The molecule has 0 aromatic carbocycles. The summed E-state index contributed by atoms with van der Waals surface area (Å²) in [5, 5.41) is 7.85. The van der Waals surface area contributed by atoms with Crippen molar-refractivity contribution < 1.29 is 9.53 Å². The highest BCUT2D eigenvalue weighted by molar-refractivity contribution is 9.11. The second kappa shape index (κ2) is 5.62. The molecule has 0 saturated heterocycles. The van der Waals surface area contributed by atoms with Crippen LogP contribution in [0.15, 0.2) is 15.9 Å². The van der Waals surface area contributed by atoms with E-state index in [0.717, 1.165) is 14.4 Å². The summed E-state index contributed by atoms with van der Waals surface area (Å²) in [7, 11) is 0. The first-order chi connectivity index (χ1) is 8.61. The molecular weight excluding hydrogens is 318 g/mol. The maximum atomic E-state index is 11.6. The monoisotopic (exact) mass is 329 g/mol. The van der Waals surface area contributed by atoms with Crippen molar-refractivity contribution in [3.63, 3.8) is 0 Å². The molecule has 0 fully saturated rings. The molecule has 2 aromatic rings. The summed E-state index contributed by atoms with van der Waals surface area (Å²) in [6.07, 6.45) is 0. The molecule has 0 aliphatic heterocycles. The Kier molecular flexibility index (Phi) is 4.13. The van der Waals surface area contributed by atoms with Crippen LogP contribution in [-0.4, -0.2) is 27.6 Å². The SMILES string of the molecule is CCOC(=O)c1nnn(Cc2ccc(Br)s2)c1C. The Hall–Kier alpha value is -1.21. The fourth-order valence-corrected chi connectivity index (χ4v) is 2.95. The molecule has 0 amide bonds. The molecule has 7 heteroatoms. The zero-order chi connectivity index (χ0) is 13.1. The van der Waals surface area contributed by atoms with Crippen LogP contribution in [0.1, 0.15) is 28.0 Å². The number of carbonyl (C=O) groups excluding carboxylic acids is 1.